The number of rotatable bonds is 6. The lowest BCUT2D eigenvalue weighted by Gasteiger charge is -2.10. The maximum Gasteiger partial charge on any atom is 0.340 e. The van der Waals surface area contributed by atoms with Crippen molar-refractivity contribution in [1.29, 1.82) is 0 Å². The summed E-state index contributed by atoms with van der Waals surface area (Å²) in [6, 6.07) is 6.67. The topological polar surface area (TPSA) is 112 Å². The molecule has 3 N–H and O–H groups in total. The Morgan fingerprint density at radius 1 is 1.35 bits per heavy atom. The second-order valence-corrected chi connectivity index (χ2v) is 4.80. The molecule has 8 heteroatoms. The van der Waals surface area contributed by atoms with Crippen LogP contribution >= 0.6 is 0 Å². The lowest BCUT2D eigenvalue weighted by molar-refractivity contribution is -0.117. The Bertz CT molecular complexity index is 711. The minimum atomic E-state index is -0.481. The molecule has 122 valence electrons. The molecule has 1 aromatic carbocycles. The van der Waals surface area contributed by atoms with Crippen molar-refractivity contribution >= 4 is 17.6 Å². The van der Waals surface area contributed by atoms with Crippen LogP contribution in [0.2, 0.25) is 0 Å². The third kappa shape index (κ3) is 3.92. The zero-order chi connectivity index (χ0) is 16.8. The van der Waals surface area contributed by atoms with Crippen LogP contribution in [0.5, 0.6) is 0 Å². The van der Waals surface area contributed by atoms with Crippen LogP contribution in [0.1, 0.15) is 28.7 Å². The molecule has 23 heavy (non-hydrogen) atoms. The first-order chi connectivity index (χ1) is 11.1. The van der Waals surface area contributed by atoms with Crippen molar-refractivity contribution in [2.75, 3.05) is 11.9 Å². The van der Waals surface area contributed by atoms with Crippen molar-refractivity contribution in [1.82, 2.24) is 15.0 Å². The van der Waals surface area contributed by atoms with Gasteiger partial charge in [-0.2, -0.15) is 0 Å². The molecule has 0 radical (unpaired) electrons. The number of ether oxygens (including phenoxy) is 1. The number of amides is 1. The molecule has 0 unspecified atom stereocenters. The van der Waals surface area contributed by atoms with Crippen molar-refractivity contribution in [3.05, 3.63) is 41.2 Å². The predicted molar refractivity (Wildman–Crippen MR) is 83.7 cm³/mol. The number of esters is 1. The molecule has 0 spiro atoms. The highest BCUT2D eigenvalue weighted by Gasteiger charge is 2.15. The number of para-hydroxylation sites is 1. The van der Waals surface area contributed by atoms with Crippen LogP contribution in [0.4, 0.5) is 5.69 Å². The van der Waals surface area contributed by atoms with E-state index < -0.39 is 5.97 Å². The minimum Gasteiger partial charge on any atom is -0.462 e. The smallest absolute Gasteiger partial charge is 0.340 e. The summed E-state index contributed by atoms with van der Waals surface area (Å²) in [5.74, 6) is -0.802. The van der Waals surface area contributed by atoms with Gasteiger partial charge in [-0.1, -0.05) is 17.3 Å². The van der Waals surface area contributed by atoms with Crippen LogP contribution in [-0.4, -0.2) is 33.5 Å². The van der Waals surface area contributed by atoms with Gasteiger partial charge in [0.05, 0.1) is 29.2 Å². The standard InChI is InChI=1S/C15H19N5O3/c1-3-23-15(22)11-6-4-5-7-12(11)17-14(21)9-20-10(2)13(8-16)18-19-20/h4-7H,3,8-9,16H2,1-2H3,(H,17,21). The average Bonchev–Trinajstić information content (AvgIpc) is 2.88. The molecule has 2 rings (SSSR count). The molecule has 1 aromatic heterocycles. The van der Waals surface area contributed by atoms with Crippen LogP contribution in [0, 0.1) is 6.92 Å². The highest BCUT2D eigenvalue weighted by Crippen LogP contribution is 2.16. The Balaban J connectivity index is 2.11. The van der Waals surface area contributed by atoms with Crippen molar-refractivity contribution in [3.63, 3.8) is 0 Å². The second kappa shape index (κ2) is 7.50. The summed E-state index contributed by atoms with van der Waals surface area (Å²) in [7, 11) is 0. The summed E-state index contributed by atoms with van der Waals surface area (Å²) >= 11 is 0. The minimum absolute atomic E-state index is 0.0179. The van der Waals surface area contributed by atoms with Gasteiger partial charge in [-0.3, -0.25) is 4.79 Å². The highest BCUT2D eigenvalue weighted by atomic mass is 16.5. The van der Waals surface area contributed by atoms with Gasteiger partial charge in [-0.15, -0.1) is 5.10 Å². The normalized spacial score (nSPS) is 10.4. The molecule has 8 nitrogen and oxygen atoms in total. The zero-order valence-corrected chi connectivity index (χ0v) is 13.1. The number of nitrogens with two attached hydrogens (primary N) is 1. The molecule has 2 aromatic rings. The number of carbonyl (C=O) groups is 2. The molecule has 0 aliphatic carbocycles. The Kier molecular flexibility index (Phi) is 5.42. The van der Waals surface area contributed by atoms with Crippen LogP contribution < -0.4 is 11.1 Å². The first-order valence-electron chi connectivity index (χ1n) is 7.21. The number of aromatic nitrogens is 3. The molecule has 1 heterocycles. The fraction of sp³-hybridized carbons (Fsp3) is 0.333. The van der Waals surface area contributed by atoms with Crippen molar-refractivity contribution in [2.45, 2.75) is 26.9 Å². The first kappa shape index (κ1) is 16.6. The number of hydrogen-bond acceptors (Lipinski definition) is 6. The van der Waals surface area contributed by atoms with Gasteiger partial charge in [-0.25, -0.2) is 9.48 Å². The van der Waals surface area contributed by atoms with E-state index in [-0.39, 0.29) is 25.6 Å². The Labute approximate surface area is 133 Å². The molecule has 0 saturated heterocycles. The fourth-order valence-corrected chi connectivity index (χ4v) is 2.04. The zero-order valence-electron chi connectivity index (χ0n) is 13.1. The van der Waals surface area contributed by atoms with Gasteiger partial charge in [0.15, 0.2) is 0 Å². The van der Waals surface area contributed by atoms with E-state index in [1.54, 1.807) is 38.1 Å². The molecule has 1 amide bonds. The lowest BCUT2D eigenvalue weighted by atomic mass is 10.2. The molecular weight excluding hydrogens is 298 g/mol. The number of hydrogen-bond donors (Lipinski definition) is 2. The summed E-state index contributed by atoms with van der Waals surface area (Å²) in [6.45, 7) is 4.03. The molecular formula is C15H19N5O3. The Hall–Kier alpha value is -2.74. The van der Waals surface area contributed by atoms with Crippen molar-refractivity contribution < 1.29 is 14.3 Å². The molecule has 0 aliphatic heterocycles. The molecule has 0 atom stereocenters. The summed E-state index contributed by atoms with van der Waals surface area (Å²) in [5.41, 5.74) is 7.62. The van der Waals surface area contributed by atoms with Crippen LogP contribution in [0.3, 0.4) is 0 Å². The van der Waals surface area contributed by atoms with Gasteiger partial charge in [-0.05, 0) is 26.0 Å². The molecule has 0 bridgehead atoms. The summed E-state index contributed by atoms with van der Waals surface area (Å²) in [5, 5.41) is 10.5. The van der Waals surface area contributed by atoms with E-state index in [0.29, 0.717) is 16.9 Å². The van der Waals surface area contributed by atoms with E-state index in [1.165, 1.54) is 4.68 Å². The predicted octanol–water partition coefficient (Wildman–Crippen LogP) is 0.861. The van der Waals surface area contributed by atoms with E-state index in [2.05, 4.69) is 15.6 Å². The summed E-state index contributed by atoms with van der Waals surface area (Å²) < 4.78 is 6.44. The van der Waals surface area contributed by atoms with Gasteiger partial charge < -0.3 is 15.8 Å². The average molecular weight is 317 g/mol. The Morgan fingerprint density at radius 3 is 2.74 bits per heavy atom. The third-order valence-electron chi connectivity index (χ3n) is 3.26. The van der Waals surface area contributed by atoms with Crippen LogP contribution in [0.25, 0.3) is 0 Å². The van der Waals surface area contributed by atoms with E-state index >= 15 is 0 Å². The molecule has 0 saturated carbocycles. The largest absolute Gasteiger partial charge is 0.462 e. The van der Waals surface area contributed by atoms with Gasteiger partial charge in [0.25, 0.3) is 0 Å². The number of anilines is 1. The summed E-state index contributed by atoms with van der Waals surface area (Å²) in [4.78, 5) is 24.1. The van der Waals surface area contributed by atoms with Gasteiger partial charge in [0.2, 0.25) is 5.91 Å². The number of benzene rings is 1. The van der Waals surface area contributed by atoms with E-state index in [1.807, 2.05) is 0 Å². The number of nitrogens with one attached hydrogen (secondary N) is 1. The van der Waals surface area contributed by atoms with E-state index in [9.17, 15) is 9.59 Å². The lowest BCUT2D eigenvalue weighted by Crippen LogP contribution is -2.22. The summed E-state index contributed by atoms with van der Waals surface area (Å²) in [6.07, 6.45) is 0. The van der Waals surface area contributed by atoms with Crippen LogP contribution in [-0.2, 0) is 22.6 Å². The molecule has 0 aliphatic rings. The van der Waals surface area contributed by atoms with Gasteiger partial charge in [0.1, 0.15) is 6.54 Å². The van der Waals surface area contributed by atoms with Gasteiger partial charge >= 0.3 is 5.97 Å². The fourth-order valence-electron chi connectivity index (χ4n) is 2.04. The van der Waals surface area contributed by atoms with Crippen LogP contribution in [0.15, 0.2) is 24.3 Å². The second-order valence-electron chi connectivity index (χ2n) is 4.80. The van der Waals surface area contributed by atoms with E-state index in [4.69, 9.17) is 10.5 Å². The maximum absolute atomic E-state index is 12.2. The molecule has 0 fully saturated rings. The van der Waals surface area contributed by atoms with E-state index in [0.717, 1.165) is 5.69 Å². The Morgan fingerprint density at radius 2 is 2.09 bits per heavy atom. The SMILES string of the molecule is CCOC(=O)c1ccccc1NC(=O)Cn1nnc(CN)c1C. The van der Waals surface area contributed by atoms with Gasteiger partial charge in [0, 0.05) is 6.54 Å². The van der Waals surface area contributed by atoms with Crippen molar-refractivity contribution in [2.24, 2.45) is 5.73 Å². The number of carbonyl (C=O) groups excluding carboxylic acids is 2. The first-order valence-corrected chi connectivity index (χ1v) is 7.21. The number of nitrogens with zero attached hydrogens (tertiary/aromatic N) is 3. The highest BCUT2D eigenvalue weighted by molar-refractivity contribution is 6.01. The third-order valence-corrected chi connectivity index (χ3v) is 3.26. The monoisotopic (exact) mass is 317 g/mol. The quantitative estimate of drug-likeness (QED) is 0.764. The maximum atomic E-state index is 12.2. The van der Waals surface area contributed by atoms with Crippen molar-refractivity contribution in [3.8, 4) is 0 Å².